The van der Waals surface area contributed by atoms with Crippen LogP contribution in [0.4, 0.5) is 11.4 Å². The fraction of sp³-hybridized carbons (Fsp3) is 0.294. The number of aromatic nitrogens is 2. The smallest absolute Gasteiger partial charge is 0.356 e. The number of carbonyl (C=O) groups excluding carboxylic acids is 2. The van der Waals surface area contributed by atoms with Crippen LogP contribution in [0.2, 0.25) is 0 Å². The molecular weight excluding hydrogens is 324 g/mol. The molecule has 1 atom stereocenters. The zero-order chi connectivity index (χ0) is 18.3. The number of para-hydroxylation sites is 2. The number of anilines is 2. The summed E-state index contributed by atoms with van der Waals surface area (Å²) in [5.41, 5.74) is 1.18. The summed E-state index contributed by atoms with van der Waals surface area (Å²) in [7, 11) is 3.20. The molecule has 0 saturated carbocycles. The lowest BCUT2D eigenvalue weighted by Crippen LogP contribution is -2.37. The second kappa shape index (κ2) is 6.04. The lowest BCUT2D eigenvalue weighted by molar-refractivity contribution is -0.121. The quantitative estimate of drug-likeness (QED) is 0.889. The van der Waals surface area contributed by atoms with Crippen molar-refractivity contribution in [3.63, 3.8) is 0 Å². The summed E-state index contributed by atoms with van der Waals surface area (Å²) < 4.78 is 1.25. The van der Waals surface area contributed by atoms with Crippen molar-refractivity contribution in [1.29, 1.82) is 0 Å². The van der Waals surface area contributed by atoms with Crippen molar-refractivity contribution in [2.45, 2.75) is 6.92 Å². The van der Waals surface area contributed by atoms with Crippen molar-refractivity contribution in [3.05, 3.63) is 41.7 Å². The van der Waals surface area contributed by atoms with Gasteiger partial charge >= 0.3 is 5.97 Å². The first-order valence-electron chi connectivity index (χ1n) is 7.77. The van der Waals surface area contributed by atoms with Gasteiger partial charge in [-0.3, -0.25) is 14.3 Å². The van der Waals surface area contributed by atoms with Crippen molar-refractivity contribution < 1.29 is 19.5 Å². The Labute approximate surface area is 144 Å². The molecule has 1 N–H and O–H groups in total. The van der Waals surface area contributed by atoms with Gasteiger partial charge in [0.2, 0.25) is 5.91 Å². The van der Waals surface area contributed by atoms with E-state index in [2.05, 4.69) is 5.10 Å². The molecule has 0 aliphatic carbocycles. The van der Waals surface area contributed by atoms with E-state index in [0.29, 0.717) is 11.4 Å². The van der Waals surface area contributed by atoms with Crippen molar-refractivity contribution in [2.24, 2.45) is 13.0 Å². The third-order valence-corrected chi connectivity index (χ3v) is 4.31. The van der Waals surface area contributed by atoms with Gasteiger partial charge in [0.25, 0.3) is 5.91 Å². The largest absolute Gasteiger partial charge is 0.476 e. The molecular formula is C17H18N4O4. The summed E-state index contributed by atoms with van der Waals surface area (Å²) in [6.45, 7) is 1.96. The van der Waals surface area contributed by atoms with Gasteiger partial charge in [-0.05, 0) is 12.1 Å². The number of aryl methyl sites for hydroxylation is 1. The predicted molar refractivity (Wildman–Crippen MR) is 90.9 cm³/mol. The average Bonchev–Trinajstić information content (AvgIpc) is 2.95. The lowest BCUT2D eigenvalue weighted by Gasteiger charge is -2.23. The topological polar surface area (TPSA) is 95.7 Å². The van der Waals surface area contributed by atoms with E-state index in [9.17, 15) is 14.4 Å². The van der Waals surface area contributed by atoms with Crippen LogP contribution in [0.25, 0.3) is 0 Å². The minimum Gasteiger partial charge on any atom is -0.476 e. The highest BCUT2D eigenvalue weighted by molar-refractivity contribution is 6.11. The monoisotopic (exact) mass is 342 g/mol. The number of amides is 2. The Morgan fingerprint density at radius 3 is 2.44 bits per heavy atom. The molecule has 0 spiro atoms. The van der Waals surface area contributed by atoms with Gasteiger partial charge in [0.05, 0.1) is 17.3 Å². The zero-order valence-corrected chi connectivity index (χ0v) is 14.1. The number of rotatable bonds is 2. The Bertz CT molecular complexity index is 873. The Morgan fingerprint density at radius 2 is 1.84 bits per heavy atom. The van der Waals surface area contributed by atoms with Crippen molar-refractivity contribution >= 4 is 29.2 Å². The molecule has 1 unspecified atom stereocenters. The van der Waals surface area contributed by atoms with Crippen LogP contribution < -0.4 is 9.80 Å². The first-order valence-corrected chi connectivity index (χ1v) is 7.77. The molecule has 2 amide bonds. The molecule has 1 aromatic carbocycles. The maximum atomic E-state index is 13.1. The van der Waals surface area contributed by atoms with Crippen LogP contribution in [0.15, 0.2) is 30.3 Å². The van der Waals surface area contributed by atoms with Gasteiger partial charge in [-0.1, -0.05) is 19.1 Å². The van der Waals surface area contributed by atoms with E-state index in [1.54, 1.807) is 43.1 Å². The van der Waals surface area contributed by atoms with Gasteiger partial charge in [0.15, 0.2) is 5.69 Å². The van der Waals surface area contributed by atoms with E-state index in [0.717, 1.165) is 0 Å². The molecule has 3 rings (SSSR count). The molecule has 0 radical (unpaired) electrons. The zero-order valence-electron chi connectivity index (χ0n) is 14.1. The number of carbonyl (C=O) groups is 3. The summed E-state index contributed by atoms with van der Waals surface area (Å²) in [4.78, 5) is 39.7. The van der Waals surface area contributed by atoms with Gasteiger partial charge < -0.3 is 14.9 Å². The van der Waals surface area contributed by atoms with Crippen LogP contribution in [-0.2, 0) is 11.8 Å². The molecule has 25 heavy (non-hydrogen) atoms. The fourth-order valence-electron chi connectivity index (χ4n) is 2.98. The number of nitrogens with zero attached hydrogens (tertiary/aromatic N) is 4. The third-order valence-electron chi connectivity index (χ3n) is 4.31. The van der Waals surface area contributed by atoms with E-state index in [1.165, 1.54) is 22.7 Å². The second-order valence-electron chi connectivity index (χ2n) is 6.05. The van der Waals surface area contributed by atoms with Crippen LogP contribution in [0.5, 0.6) is 0 Å². The standard InChI is InChI=1S/C17H18N4O4/c1-10-9-21(13-7-5-4-6-12(13)19(2)15(10)22)16(23)14-8-11(17(24)25)18-20(14)3/h4-8,10H,9H2,1-3H3,(H,24,25). The van der Waals surface area contributed by atoms with Gasteiger partial charge in [-0.15, -0.1) is 0 Å². The fourth-order valence-corrected chi connectivity index (χ4v) is 2.98. The Balaban J connectivity index is 2.09. The van der Waals surface area contributed by atoms with E-state index in [4.69, 9.17) is 5.11 Å². The number of aromatic carboxylic acids is 1. The van der Waals surface area contributed by atoms with Crippen molar-refractivity contribution in [3.8, 4) is 0 Å². The number of benzene rings is 1. The maximum Gasteiger partial charge on any atom is 0.356 e. The SMILES string of the molecule is CC1CN(C(=O)c2cc(C(=O)O)nn2C)c2ccccc2N(C)C1=O. The summed E-state index contributed by atoms with van der Waals surface area (Å²) in [6.07, 6.45) is 0. The third kappa shape index (κ3) is 2.75. The second-order valence-corrected chi connectivity index (χ2v) is 6.05. The highest BCUT2D eigenvalue weighted by Crippen LogP contribution is 2.34. The van der Waals surface area contributed by atoms with E-state index in [1.807, 2.05) is 0 Å². The first-order chi connectivity index (χ1) is 11.8. The highest BCUT2D eigenvalue weighted by Gasteiger charge is 2.33. The number of hydrogen-bond acceptors (Lipinski definition) is 4. The molecule has 130 valence electrons. The summed E-state index contributed by atoms with van der Waals surface area (Å²) >= 11 is 0. The summed E-state index contributed by atoms with van der Waals surface area (Å²) in [5, 5.41) is 12.9. The molecule has 1 aliphatic heterocycles. The maximum absolute atomic E-state index is 13.1. The minimum absolute atomic E-state index is 0.0843. The number of hydrogen-bond donors (Lipinski definition) is 1. The summed E-state index contributed by atoms with van der Waals surface area (Å²) in [5.74, 6) is -2.08. The van der Waals surface area contributed by atoms with Crippen LogP contribution in [-0.4, -0.2) is 46.3 Å². The van der Waals surface area contributed by atoms with Gasteiger partial charge in [-0.25, -0.2) is 4.79 Å². The molecule has 2 heterocycles. The molecule has 1 aliphatic rings. The first kappa shape index (κ1) is 16.7. The molecule has 0 saturated heterocycles. The molecule has 0 bridgehead atoms. The number of carboxylic acid groups (broad SMARTS) is 1. The molecule has 0 fully saturated rings. The normalized spacial score (nSPS) is 17.2. The van der Waals surface area contributed by atoms with Gasteiger partial charge in [-0.2, -0.15) is 5.10 Å². The highest BCUT2D eigenvalue weighted by atomic mass is 16.4. The number of fused-ring (bicyclic) bond motifs is 1. The van der Waals surface area contributed by atoms with Crippen LogP contribution in [0, 0.1) is 5.92 Å². The van der Waals surface area contributed by atoms with E-state index < -0.39 is 17.8 Å². The van der Waals surface area contributed by atoms with Crippen LogP contribution >= 0.6 is 0 Å². The van der Waals surface area contributed by atoms with Crippen LogP contribution in [0.3, 0.4) is 0 Å². The lowest BCUT2D eigenvalue weighted by atomic mass is 10.1. The van der Waals surface area contributed by atoms with Gasteiger partial charge in [0, 0.05) is 26.7 Å². The molecule has 1 aromatic heterocycles. The average molecular weight is 342 g/mol. The molecule has 8 heteroatoms. The Morgan fingerprint density at radius 1 is 1.20 bits per heavy atom. The minimum atomic E-state index is -1.20. The Kier molecular flexibility index (Phi) is 4.03. The molecule has 2 aromatic rings. The molecule has 8 nitrogen and oxygen atoms in total. The predicted octanol–water partition coefficient (Wildman–Crippen LogP) is 1.38. The number of carboxylic acids is 1. The van der Waals surface area contributed by atoms with Crippen LogP contribution in [0.1, 0.15) is 27.9 Å². The van der Waals surface area contributed by atoms with E-state index in [-0.39, 0.29) is 23.8 Å². The summed E-state index contributed by atoms with van der Waals surface area (Å²) in [6, 6.07) is 8.38. The van der Waals surface area contributed by atoms with Crippen molar-refractivity contribution in [1.82, 2.24) is 9.78 Å². The van der Waals surface area contributed by atoms with E-state index >= 15 is 0 Å². The van der Waals surface area contributed by atoms with Crippen molar-refractivity contribution in [2.75, 3.05) is 23.4 Å². The van der Waals surface area contributed by atoms with Gasteiger partial charge in [0.1, 0.15) is 5.69 Å². The Hall–Kier alpha value is -3.16.